The Balaban J connectivity index is 1.59. The number of likely N-dealkylation sites (tertiary alicyclic amines) is 1. The first kappa shape index (κ1) is 20.6. The van der Waals surface area contributed by atoms with Gasteiger partial charge in [0.05, 0.1) is 5.92 Å². The normalized spacial score (nSPS) is 16.9. The number of piperidine rings is 1. The zero-order valence-electron chi connectivity index (χ0n) is 14.9. The minimum Gasteiger partial charge on any atom is -0.338 e. The van der Waals surface area contributed by atoms with Crippen molar-refractivity contribution in [2.45, 2.75) is 23.5 Å². The predicted octanol–water partition coefficient (Wildman–Crippen LogP) is 5.15. The molecule has 1 saturated heterocycles. The lowest BCUT2D eigenvalue weighted by molar-refractivity contribution is -0.121. The molecule has 4 nitrogen and oxygen atoms in total. The first-order valence-corrected chi connectivity index (χ1v) is 10.1. The molecule has 28 heavy (non-hydrogen) atoms. The van der Waals surface area contributed by atoms with E-state index in [1.54, 1.807) is 53.4 Å². The number of thioether (sulfide) groups is 1. The molecule has 3 rings (SSSR count). The zero-order valence-corrected chi connectivity index (χ0v) is 16.5. The Morgan fingerprint density at radius 2 is 1.79 bits per heavy atom. The van der Waals surface area contributed by atoms with Gasteiger partial charge in [-0.05, 0) is 61.4 Å². The van der Waals surface area contributed by atoms with Gasteiger partial charge in [0, 0.05) is 34.3 Å². The molecule has 0 bridgehead atoms. The maximum atomic E-state index is 12.7. The van der Waals surface area contributed by atoms with E-state index in [1.165, 1.54) is 0 Å². The average Bonchev–Trinajstić information content (AvgIpc) is 2.69. The van der Waals surface area contributed by atoms with Gasteiger partial charge < -0.3 is 10.2 Å². The van der Waals surface area contributed by atoms with E-state index in [2.05, 4.69) is 5.32 Å². The van der Waals surface area contributed by atoms with Gasteiger partial charge in [0.1, 0.15) is 0 Å². The highest BCUT2D eigenvalue weighted by Crippen LogP contribution is 2.27. The van der Waals surface area contributed by atoms with Gasteiger partial charge in [-0.1, -0.05) is 23.4 Å². The lowest BCUT2D eigenvalue weighted by atomic mass is 9.96. The van der Waals surface area contributed by atoms with Crippen LogP contribution in [0.4, 0.5) is 14.5 Å². The van der Waals surface area contributed by atoms with Gasteiger partial charge in [0.2, 0.25) is 5.91 Å². The smallest absolute Gasteiger partial charge is 0.288 e. The molecule has 1 heterocycles. The summed E-state index contributed by atoms with van der Waals surface area (Å²) in [7, 11) is 0. The second-order valence-corrected chi connectivity index (χ2v) is 7.99. The van der Waals surface area contributed by atoms with Crippen molar-refractivity contribution in [2.24, 2.45) is 5.92 Å². The molecule has 2 amide bonds. The summed E-state index contributed by atoms with van der Waals surface area (Å²) in [5.41, 5.74) is 1.09. The fourth-order valence-corrected chi connectivity index (χ4v) is 3.74. The molecular weight excluding hydrogens is 406 g/mol. The van der Waals surface area contributed by atoms with Crippen LogP contribution in [0.1, 0.15) is 23.2 Å². The van der Waals surface area contributed by atoms with Crippen molar-refractivity contribution in [1.82, 2.24) is 4.90 Å². The molecule has 2 aromatic carbocycles. The standard InChI is InChI=1S/C20H19ClF2N2O2S/c21-15-5-3-13(4-6-15)19(27)25-11-1-2-14(12-25)18(26)24-16-7-9-17(10-8-16)28-20(22)23/h3-10,14,20H,1-2,11-12H2,(H,24,26). The maximum absolute atomic E-state index is 12.7. The van der Waals surface area contributed by atoms with Crippen molar-refractivity contribution in [3.05, 3.63) is 59.1 Å². The van der Waals surface area contributed by atoms with Crippen molar-refractivity contribution in [3.8, 4) is 0 Å². The number of anilines is 1. The number of benzene rings is 2. The molecule has 0 aliphatic carbocycles. The molecule has 8 heteroatoms. The first-order valence-electron chi connectivity index (χ1n) is 8.83. The summed E-state index contributed by atoms with van der Waals surface area (Å²) in [6.07, 6.45) is 1.43. The van der Waals surface area contributed by atoms with E-state index in [4.69, 9.17) is 11.6 Å². The Morgan fingerprint density at radius 3 is 2.43 bits per heavy atom. The molecule has 1 aliphatic heterocycles. The number of nitrogens with zero attached hydrogens (tertiary/aromatic N) is 1. The average molecular weight is 425 g/mol. The maximum Gasteiger partial charge on any atom is 0.288 e. The third-order valence-corrected chi connectivity index (χ3v) is 5.49. The molecule has 1 fully saturated rings. The van der Waals surface area contributed by atoms with Crippen molar-refractivity contribution in [3.63, 3.8) is 0 Å². The fraction of sp³-hybridized carbons (Fsp3) is 0.300. The summed E-state index contributed by atoms with van der Waals surface area (Å²) < 4.78 is 24.7. The van der Waals surface area contributed by atoms with Gasteiger partial charge in [-0.25, -0.2) is 0 Å². The third-order valence-electron chi connectivity index (χ3n) is 4.52. The van der Waals surface area contributed by atoms with E-state index < -0.39 is 5.76 Å². The van der Waals surface area contributed by atoms with Crippen LogP contribution < -0.4 is 5.32 Å². The van der Waals surface area contributed by atoms with Crippen LogP contribution in [0.5, 0.6) is 0 Å². The minimum atomic E-state index is -2.48. The first-order chi connectivity index (χ1) is 13.4. The van der Waals surface area contributed by atoms with E-state index >= 15 is 0 Å². The van der Waals surface area contributed by atoms with Crippen molar-refractivity contribution in [1.29, 1.82) is 0 Å². The number of hydrogen-bond acceptors (Lipinski definition) is 3. The number of halogens is 3. The monoisotopic (exact) mass is 424 g/mol. The Labute approximate surface area is 171 Å². The van der Waals surface area contributed by atoms with Gasteiger partial charge in [0.15, 0.2) is 0 Å². The quantitative estimate of drug-likeness (QED) is 0.675. The van der Waals surface area contributed by atoms with E-state index in [1.807, 2.05) is 0 Å². The fourth-order valence-electron chi connectivity index (χ4n) is 3.11. The number of nitrogens with one attached hydrogen (secondary N) is 1. The highest BCUT2D eigenvalue weighted by Gasteiger charge is 2.29. The summed E-state index contributed by atoms with van der Waals surface area (Å²) in [6, 6.07) is 13.0. The molecule has 148 valence electrons. The molecule has 0 aromatic heterocycles. The highest BCUT2D eigenvalue weighted by molar-refractivity contribution is 7.99. The number of alkyl halides is 2. The molecular formula is C20H19ClF2N2O2S. The van der Waals surface area contributed by atoms with Gasteiger partial charge in [-0.15, -0.1) is 0 Å². The highest BCUT2D eigenvalue weighted by atomic mass is 35.5. The van der Waals surface area contributed by atoms with Crippen LogP contribution in [0.2, 0.25) is 5.02 Å². The molecule has 1 N–H and O–H groups in total. The second-order valence-electron chi connectivity index (χ2n) is 6.49. The zero-order chi connectivity index (χ0) is 20.1. The van der Waals surface area contributed by atoms with E-state index in [0.29, 0.717) is 52.4 Å². The number of rotatable bonds is 5. The molecule has 0 radical (unpaired) electrons. The lowest BCUT2D eigenvalue weighted by Gasteiger charge is -2.32. The SMILES string of the molecule is O=C(Nc1ccc(SC(F)F)cc1)C1CCCN(C(=O)c2ccc(Cl)cc2)C1. The predicted molar refractivity (Wildman–Crippen MR) is 107 cm³/mol. The van der Waals surface area contributed by atoms with E-state index in [0.717, 1.165) is 6.42 Å². The molecule has 0 saturated carbocycles. The van der Waals surface area contributed by atoms with Crippen molar-refractivity contribution in [2.75, 3.05) is 18.4 Å². The molecule has 1 atom stereocenters. The summed E-state index contributed by atoms with van der Waals surface area (Å²) in [6.45, 7) is 0.942. The molecule has 0 spiro atoms. The largest absolute Gasteiger partial charge is 0.338 e. The van der Waals surface area contributed by atoms with Crippen LogP contribution in [0.3, 0.4) is 0 Å². The number of hydrogen-bond donors (Lipinski definition) is 1. The van der Waals surface area contributed by atoms with Gasteiger partial charge in [-0.2, -0.15) is 8.78 Å². The number of carbonyl (C=O) groups is 2. The Hall–Kier alpha value is -2.12. The van der Waals surface area contributed by atoms with Gasteiger partial charge in [0.25, 0.3) is 11.7 Å². The van der Waals surface area contributed by atoms with Crippen molar-refractivity contribution >= 4 is 40.9 Å². The molecule has 1 aliphatic rings. The Bertz CT molecular complexity index is 831. The number of carbonyl (C=O) groups excluding carboxylic acids is 2. The van der Waals surface area contributed by atoms with Crippen LogP contribution in [-0.2, 0) is 4.79 Å². The summed E-state index contributed by atoms with van der Waals surface area (Å²) in [4.78, 5) is 27.4. The van der Waals surface area contributed by atoms with Crippen molar-refractivity contribution < 1.29 is 18.4 Å². The van der Waals surface area contributed by atoms with Crippen LogP contribution in [0.15, 0.2) is 53.4 Å². The second kappa shape index (κ2) is 9.39. The topological polar surface area (TPSA) is 49.4 Å². The molecule has 1 unspecified atom stereocenters. The molecule has 2 aromatic rings. The third kappa shape index (κ3) is 5.45. The van der Waals surface area contributed by atoms with Crippen LogP contribution in [0, 0.1) is 5.92 Å². The Kier molecular flexibility index (Phi) is 6.91. The van der Waals surface area contributed by atoms with Gasteiger partial charge in [-0.3, -0.25) is 9.59 Å². The summed E-state index contributed by atoms with van der Waals surface area (Å²) in [5.74, 6) is -3.10. The van der Waals surface area contributed by atoms with E-state index in [9.17, 15) is 18.4 Å². The summed E-state index contributed by atoms with van der Waals surface area (Å²) in [5, 5.41) is 3.37. The van der Waals surface area contributed by atoms with Crippen LogP contribution in [-0.4, -0.2) is 35.6 Å². The van der Waals surface area contributed by atoms with E-state index in [-0.39, 0.29) is 17.7 Å². The van der Waals surface area contributed by atoms with Crippen LogP contribution >= 0.6 is 23.4 Å². The lowest BCUT2D eigenvalue weighted by Crippen LogP contribution is -2.43. The van der Waals surface area contributed by atoms with Gasteiger partial charge >= 0.3 is 0 Å². The minimum absolute atomic E-state index is 0.123. The Morgan fingerprint density at radius 1 is 1.11 bits per heavy atom. The number of amides is 2. The summed E-state index contributed by atoms with van der Waals surface area (Å²) >= 11 is 6.32. The van der Waals surface area contributed by atoms with Crippen LogP contribution in [0.25, 0.3) is 0 Å².